The van der Waals surface area contributed by atoms with E-state index < -0.39 is 0 Å². The Balaban J connectivity index is 2.11. The van der Waals surface area contributed by atoms with Crippen LogP contribution in [0.4, 0.5) is 11.4 Å². The van der Waals surface area contributed by atoms with Gasteiger partial charge >= 0.3 is 0 Å². The SMILES string of the molecule is CNc1ccc(CSc2ccc(C)cc2)cc1[N+](=O)[O-]. The Bertz CT molecular complexity index is 612. The van der Waals surface area contributed by atoms with Crippen LogP contribution in [0, 0.1) is 17.0 Å². The van der Waals surface area contributed by atoms with Crippen LogP contribution in [0.25, 0.3) is 0 Å². The van der Waals surface area contributed by atoms with Gasteiger partial charge in [0, 0.05) is 23.8 Å². The smallest absolute Gasteiger partial charge is 0.292 e. The Labute approximate surface area is 122 Å². The Morgan fingerprint density at radius 2 is 1.90 bits per heavy atom. The molecule has 0 aliphatic heterocycles. The minimum Gasteiger partial charge on any atom is -0.383 e. The lowest BCUT2D eigenvalue weighted by Crippen LogP contribution is -1.97. The van der Waals surface area contributed by atoms with Crippen molar-refractivity contribution in [1.82, 2.24) is 0 Å². The number of nitro groups is 1. The second-order valence-corrected chi connectivity index (χ2v) is 5.51. The fourth-order valence-corrected chi connectivity index (χ4v) is 2.67. The van der Waals surface area contributed by atoms with Crippen LogP contribution in [-0.4, -0.2) is 12.0 Å². The summed E-state index contributed by atoms with van der Waals surface area (Å²) in [6, 6.07) is 13.6. The van der Waals surface area contributed by atoms with E-state index in [0.29, 0.717) is 11.4 Å². The first-order valence-electron chi connectivity index (χ1n) is 6.24. The fraction of sp³-hybridized carbons (Fsp3) is 0.200. The highest BCUT2D eigenvalue weighted by Gasteiger charge is 2.13. The minimum absolute atomic E-state index is 0.120. The third-order valence-corrected chi connectivity index (χ3v) is 4.04. The molecular formula is C15H16N2O2S. The van der Waals surface area contributed by atoms with Gasteiger partial charge in [-0.2, -0.15) is 0 Å². The third kappa shape index (κ3) is 3.51. The zero-order valence-electron chi connectivity index (χ0n) is 11.4. The second-order valence-electron chi connectivity index (χ2n) is 4.46. The van der Waals surface area contributed by atoms with E-state index in [1.54, 1.807) is 30.9 Å². The first kappa shape index (κ1) is 14.4. The van der Waals surface area contributed by atoms with Gasteiger partial charge in [-0.05, 0) is 30.7 Å². The largest absolute Gasteiger partial charge is 0.383 e. The average molecular weight is 288 g/mol. The third-order valence-electron chi connectivity index (χ3n) is 2.95. The number of nitrogens with zero attached hydrogens (tertiary/aromatic N) is 1. The number of hydrogen-bond acceptors (Lipinski definition) is 4. The number of anilines is 1. The highest BCUT2D eigenvalue weighted by molar-refractivity contribution is 7.98. The van der Waals surface area contributed by atoms with Gasteiger partial charge in [0.2, 0.25) is 0 Å². The molecule has 2 aromatic rings. The summed E-state index contributed by atoms with van der Waals surface area (Å²) >= 11 is 1.67. The molecule has 0 fully saturated rings. The van der Waals surface area contributed by atoms with Crippen molar-refractivity contribution in [2.45, 2.75) is 17.6 Å². The quantitative estimate of drug-likeness (QED) is 0.508. The molecule has 0 atom stereocenters. The molecule has 20 heavy (non-hydrogen) atoms. The number of benzene rings is 2. The molecule has 0 spiro atoms. The first-order chi connectivity index (χ1) is 9.60. The topological polar surface area (TPSA) is 55.2 Å². The van der Waals surface area contributed by atoms with E-state index in [1.807, 2.05) is 13.0 Å². The van der Waals surface area contributed by atoms with Crippen molar-refractivity contribution in [3.63, 3.8) is 0 Å². The predicted molar refractivity (Wildman–Crippen MR) is 83.4 cm³/mol. The van der Waals surface area contributed by atoms with E-state index >= 15 is 0 Å². The van der Waals surface area contributed by atoms with E-state index in [9.17, 15) is 10.1 Å². The summed E-state index contributed by atoms with van der Waals surface area (Å²) < 4.78 is 0. The van der Waals surface area contributed by atoms with Gasteiger partial charge in [-0.3, -0.25) is 10.1 Å². The van der Waals surface area contributed by atoms with Gasteiger partial charge in [0.25, 0.3) is 5.69 Å². The lowest BCUT2D eigenvalue weighted by Gasteiger charge is -2.06. The van der Waals surface area contributed by atoms with Gasteiger partial charge in [-0.1, -0.05) is 23.8 Å². The van der Waals surface area contributed by atoms with E-state index in [4.69, 9.17) is 0 Å². The first-order valence-corrected chi connectivity index (χ1v) is 7.23. The lowest BCUT2D eigenvalue weighted by molar-refractivity contribution is -0.384. The van der Waals surface area contributed by atoms with Crippen LogP contribution in [0.1, 0.15) is 11.1 Å². The van der Waals surface area contributed by atoms with Gasteiger partial charge in [-0.25, -0.2) is 0 Å². The number of nitro benzene ring substituents is 1. The molecule has 2 rings (SSSR count). The standard InChI is InChI=1S/C15H16N2O2S/c1-11-3-6-13(7-4-11)20-10-12-5-8-14(16-2)15(9-12)17(18)19/h3-9,16H,10H2,1-2H3. The molecule has 0 heterocycles. The maximum absolute atomic E-state index is 11.0. The molecule has 0 aliphatic rings. The van der Waals surface area contributed by atoms with Crippen LogP contribution in [0.15, 0.2) is 47.4 Å². The molecule has 5 heteroatoms. The molecule has 104 valence electrons. The summed E-state index contributed by atoms with van der Waals surface area (Å²) in [7, 11) is 1.68. The molecule has 0 saturated carbocycles. The van der Waals surface area contributed by atoms with Crippen molar-refractivity contribution in [2.24, 2.45) is 0 Å². The zero-order valence-corrected chi connectivity index (χ0v) is 12.2. The van der Waals surface area contributed by atoms with Crippen LogP contribution < -0.4 is 5.32 Å². The highest BCUT2D eigenvalue weighted by Crippen LogP contribution is 2.29. The zero-order chi connectivity index (χ0) is 14.5. The predicted octanol–water partition coefficient (Wildman–Crippen LogP) is 4.24. The van der Waals surface area contributed by atoms with Gasteiger partial charge in [0.15, 0.2) is 0 Å². The molecule has 0 saturated heterocycles. The molecule has 0 aromatic heterocycles. The normalized spacial score (nSPS) is 10.3. The van der Waals surface area contributed by atoms with E-state index in [2.05, 4.69) is 29.6 Å². The maximum atomic E-state index is 11.0. The Morgan fingerprint density at radius 1 is 1.20 bits per heavy atom. The highest BCUT2D eigenvalue weighted by atomic mass is 32.2. The number of hydrogen-bond donors (Lipinski definition) is 1. The monoisotopic (exact) mass is 288 g/mol. The summed E-state index contributed by atoms with van der Waals surface area (Å²) in [5.74, 6) is 0.716. The van der Waals surface area contributed by atoms with Gasteiger partial charge in [0.1, 0.15) is 5.69 Å². The minimum atomic E-state index is -0.355. The second kappa shape index (κ2) is 6.43. The van der Waals surface area contributed by atoms with Crippen molar-refractivity contribution in [1.29, 1.82) is 0 Å². The average Bonchev–Trinajstić information content (AvgIpc) is 2.46. The van der Waals surface area contributed by atoms with E-state index in [1.165, 1.54) is 5.56 Å². The molecule has 0 amide bonds. The van der Waals surface area contributed by atoms with E-state index in [-0.39, 0.29) is 10.6 Å². The van der Waals surface area contributed by atoms with Crippen LogP contribution >= 0.6 is 11.8 Å². The summed E-state index contributed by atoms with van der Waals surface area (Å²) in [5.41, 5.74) is 2.83. The molecule has 1 N–H and O–H groups in total. The Hall–Kier alpha value is -2.01. The van der Waals surface area contributed by atoms with Crippen molar-refractivity contribution >= 4 is 23.1 Å². The summed E-state index contributed by atoms with van der Waals surface area (Å²) in [6.07, 6.45) is 0. The Morgan fingerprint density at radius 3 is 2.50 bits per heavy atom. The molecule has 0 aliphatic carbocycles. The van der Waals surface area contributed by atoms with Crippen molar-refractivity contribution < 1.29 is 4.92 Å². The van der Waals surface area contributed by atoms with Crippen LogP contribution in [0.5, 0.6) is 0 Å². The lowest BCUT2D eigenvalue weighted by atomic mass is 10.2. The van der Waals surface area contributed by atoms with Gasteiger partial charge < -0.3 is 5.32 Å². The van der Waals surface area contributed by atoms with Gasteiger partial charge in [-0.15, -0.1) is 11.8 Å². The molecule has 0 unspecified atom stereocenters. The van der Waals surface area contributed by atoms with Crippen molar-refractivity contribution in [3.05, 3.63) is 63.7 Å². The van der Waals surface area contributed by atoms with Crippen LogP contribution in [-0.2, 0) is 5.75 Å². The summed E-state index contributed by atoms with van der Waals surface area (Å²) in [4.78, 5) is 11.8. The maximum Gasteiger partial charge on any atom is 0.292 e. The molecule has 2 aromatic carbocycles. The number of nitrogens with one attached hydrogen (secondary N) is 1. The summed E-state index contributed by atoms with van der Waals surface area (Å²) in [5, 5.41) is 13.8. The molecule has 4 nitrogen and oxygen atoms in total. The molecule has 0 radical (unpaired) electrons. The Kier molecular flexibility index (Phi) is 4.63. The van der Waals surface area contributed by atoms with Crippen LogP contribution in [0.3, 0.4) is 0 Å². The van der Waals surface area contributed by atoms with Crippen molar-refractivity contribution in [3.8, 4) is 0 Å². The fourth-order valence-electron chi connectivity index (χ4n) is 1.83. The van der Waals surface area contributed by atoms with Gasteiger partial charge in [0.05, 0.1) is 4.92 Å². The summed E-state index contributed by atoms with van der Waals surface area (Å²) in [6.45, 7) is 2.05. The van der Waals surface area contributed by atoms with Crippen LogP contribution in [0.2, 0.25) is 0 Å². The molecule has 0 bridgehead atoms. The number of rotatable bonds is 5. The van der Waals surface area contributed by atoms with Crippen molar-refractivity contribution in [2.75, 3.05) is 12.4 Å². The number of thioether (sulfide) groups is 1. The van der Waals surface area contributed by atoms with E-state index in [0.717, 1.165) is 10.5 Å². The molecular weight excluding hydrogens is 272 g/mol. The number of aryl methyl sites for hydroxylation is 1.